The molecule has 1 aromatic heterocycles. The van der Waals surface area contributed by atoms with E-state index in [1.54, 1.807) is 18.2 Å². The molecule has 5 heteroatoms. The highest BCUT2D eigenvalue weighted by Gasteiger charge is 2.19. The van der Waals surface area contributed by atoms with Crippen molar-refractivity contribution in [2.45, 2.75) is 38.0 Å². The molecule has 0 atom stereocenters. The zero-order valence-electron chi connectivity index (χ0n) is 14.0. The Morgan fingerprint density at radius 3 is 2.44 bits per heavy atom. The van der Waals surface area contributed by atoms with E-state index in [0.29, 0.717) is 16.2 Å². The van der Waals surface area contributed by atoms with Crippen molar-refractivity contribution in [2.24, 2.45) is 0 Å². The van der Waals surface area contributed by atoms with E-state index in [2.05, 4.69) is 0 Å². The van der Waals surface area contributed by atoms with Gasteiger partial charge in [0.25, 0.3) is 0 Å². The molecular formula is C20H21NO4. The van der Waals surface area contributed by atoms with Crippen LogP contribution in [0.5, 0.6) is 0 Å². The minimum atomic E-state index is -0.803. The summed E-state index contributed by atoms with van der Waals surface area (Å²) < 4.78 is 5.38. The zero-order chi connectivity index (χ0) is 17.6. The van der Waals surface area contributed by atoms with Gasteiger partial charge in [-0.3, -0.25) is 4.79 Å². The Morgan fingerprint density at radius 2 is 1.76 bits per heavy atom. The summed E-state index contributed by atoms with van der Waals surface area (Å²) in [5.74, 6) is -0.499. The van der Waals surface area contributed by atoms with Crippen LogP contribution in [0.15, 0.2) is 48.7 Å². The highest BCUT2D eigenvalue weighted by Crippen LogP contribution is 2.32. The van der Waals surface area contributed by atoms with Crippen LogP contribution in [-0.4, -0.2) is 18.4 Å². The number of rotatable bonds is 5. The van der Waals surface area contributed by atoms with Crippen molar-refractivity contribution < 1.29 is 19.1 Å². The minimum Gasteiger partial charge on any atom is -0.618 e. The predicted octanol–water partition coefficient (Wildman–Crippen LogP) is 3.41. The van der Waals surface area contributed by atoms with Crippen LogP contribution in [0.3, 0.4) is 0 Å². The van der Waals surface area contributed by atoms with Crippen LogP contribution >= 0.6 is 0 Å². The maximum atomic E-state index is 12.2. The molecule has 0 amide bonds. The van der Waals surface area contributed by atoms with E-state index in [-0.39, 0.29) is 18.1 Å². The van der Waals surface area contributed by atoms with Gasteiger partial charge in [-0.15, -0.1) is 0 Å². The van der Waals surface area contributed by atoms with E-state index in [0.717, 1.165) is 0 Å². The molecule has 0 aliphatic heterocycles. The molecular weight excluding hydrogens is 318 g/mol. The number of benzene rings is 1. The van der Waals surface area contributed by atoms with Crippen molar-refractivity contribution in [3.05, 3.63) is 70.7 Å². The lowest BCUT2D eigenvalue weighted by Crippen LogP contribution is -2.35. The Bertz CT molecular complexity index is 749. The smallest absolute Gasteiger partial charge is 0.405 e. The first-order valence-electron chi connectivity index (χ1n) is 8.63. The monoisotopic (exact) mass is 339 g/mol. The lowest BCUT2D eigenvalue weighted by atomic mass is 9.84. The third-order valence-corrected chi connectivity index (χ3v) is 4.68. The molecule has 0 radical (unpaired) electrons. The first-order chi connectivity index (χ1) is 12.1. The zero-order valence-corrected chi connectivity index (χ0v) is 14.0. The number of ketones is 1. The molecule has 2 aromatic rings. The second kappa shape index (κ2) is 7.92. The third-order valence-electron chi connectivity index (χ3n) is 4.68. The maximum absolute atomic E-state index is 12.2. The number of Topliss-reactive ketones (excluding diaryl/α,β-unsaturated/α-hetero) is 1. The predicted molar refractivity (Wildman–Crippen MR) is 92.3 cm³/mol. The summed E-state index contributed by atoms with van der Waals surface area (Å²) in [4.78, 5) is 24.1. The number of aromatic nitrogens is 1. The first-order valence-corrected chi connectivity index (χ1v) is 8.63. The summed E-state index contributed by atoms with van der Waals surface area (Å²) >= 11 is 0. The Balaban J connectivity index is 1.58. The molecule has 25 heavy (non-hydrogen) atoms. The normalized spacial score (nSPS) is 14.9. The van der Waals surface area contributed by atoms with Gasteiger partial charge < -0.3 is 9.94 Å². The van der Waals surface area contributed by atoms with E-state index in [9.17, 15) is 14.8 Å². The largest absolute Gasteiger partial charge is 0.618 e. The topological polar surface area (TPSA) is 70.3 Å². The van der Waals surface area contributed by atoms with Crippen molar-refractivity contribution >= 4 is 11.8 Å². The molecule has 0 N–H and O–H groups in total. The van der Waals surface area contributed by atoms with Crippen molar-refractivity contribution in [1.29, 1.82) is 0 Å². The molecule has 130 valence electrons. The fourth-order valence-corrected chi connectivity index (χ4v) is 3.25. The molecule has 1 heterocycles. The Kier molecular flexibility index (Phi) is 5.43. The Labute approximate surface area is 146 Å². The number of nitrogens with zero attached hydrogens (tertiary/aromatic N) is 1. The molecule has 1 saturated carbocycles. The van der Waals surface area contributed by atoms with Crippen LogP contribution in [0.2, 0.25) is 0 Å². The van der Waals surface area contributed by atoms with E-state index in [1.807, 2.05) is 12.1 Å². The molecule has 1 aliphatic rings. The molecule has 1 fully saturated rings. The van der Waals surface area contributed by atoms with Gasteiger partial charge >= 0.3 is 11.7 Å². The van der Waals surface area contributed by atoms with E-state index < -0.39 is 5.97 Å². The summed E-state index contributed by atoms with van der Waals surface area (Å²) in [6.45, 7) is -0.378. The number of pyridine rings is 1. The number of hydrogen-bond acceptors (Lipinski definition) is 4. The average Bonchev–Trinajstić information content (AvgIpc) is 2.67. The fraction of sp³-hybridized carbons (Fsp3) is 0.350. The molecule has 0 unspecified atom stereocenters. The molecule has 1 aromatic carbocycles. The summed E-state index contributed by atoms with van der Waals surface area (Å²) in [6.07, 6.45) is 7.46. The summed E-state index contributed by atoms with van der Waals surface area (Å²) in [6, 6.07) is 12.0. The van der Waals surface area contributed by atoms with Crippen molar-refractivity contribution in [1.82, 2.24) is 0 Å². The van der Waals surface area contributed by atoms with Gasteiger partial charge in [-0.1, -0.05) is 43.5 Å². The SMILES string of the molecule is O=C(COC(=O)c1cccc[n+]1[O-])c1ccc(C2CCCCC2)cc1. The van der Waals surface area contributed by atoms with Crippen molar-refractivity contribution in [3.8, 4) is 0 Å². The van der Waals surface area contributed by atoms with Gasteiger partial charge in [-0.05, 0) is 30.4 Å². The van der Waals surface area contributed by atoms with Gasteiger partial charge in [0.15, 0.2) is 18.6 Å². The molecule has 0 spiro atoms. The van der Waals surface area contributed by atoms with Crippen LogP contribution in [-0.2, 0) is 4.74 Å². The molecule has 3 rings (SSSR count). The Morgan fingerprint density at radius 1 is 1.04 bits per heavy atom. The summed E-state index contributed by atoms with van der Waals surface area (Å²) in [7, 11) is 0. The summed E-state index contributed by atoms with van der Waals surface area (Å²) in [5, 5.41) is 11.5. The highest BCUT2D eigenvalue weighted by molar-refractivity contribution is 5.98. The number of carbonyl (C=O) groups excluding carboxylic acids is 2. The second-order valence-corrected chi connectivity index (χ2v) is 6.37. The van der Waals surface area contributed by atoms with E-state index in [1.165, 1.54) is 56.0 Å². The molecule has 0 saturated heterocycles. The fourth-order valence-electron chi connectivity index (χ4n) is 3.25. The number of carbonyl (C=O) groups is 2. The third kappa shape index (κ3) is 4.24. The lowest BCUT2D eigenvalue weighted by Gasteiger charge is -2.22. The minimum absolute atomic E-state index is 0.136. The van der Waals surface area contributed by atoms with Gasteiger partial charge in [-0.25, -0.2) is 4.79 Å². The van der Waals surface area contributed by atoms with Gasteiger partial charge in [0.2, 0.25) is 0 Å². The van der Waals surface area contributed by atoms with Gasteiger partial charge in [0.05, 0.1) is 0 Å². The number of esters is 1. The lowest BCUT2D eigenvalue weighted by molar-refractivity contribution is -0.608. The number of ether oxygens (including phenoxy) is 1. The van der Waals surface area contributed by atoms with Crippen LogP contribution < -0.4 is 4.73 Å². The van der Waals surface area contributed by atoms with Gasteiger partial charge in [0.1, 0.15) is 0 Å². The van der Waals surface area contributed by atoms with Gasteiger partial charge in [-0.2, -0.15) is 4.73 Å². The van der Waals surface area contributed by atoms with Crippen molar-refractivity contribution in [2.75, 3.05) is 6.61 Å². The average molecular weight is 339 g/mol. The summed E-state index contributed by atoms with van der Waals surface area (Å²) in [5.41, 5.74) is 1.64. The van der Waals surface area contributed by atoms with Crippen LogP contribution in [0.1, 0.15) is 64.4 Å². The molecule has 1 aliphatic carbocycles. The Hall–Kier alpha value is -2.69. The van der Waals surface area contributed by atoms with Crippen LogP contribution in [0.25, 0.3) is 0 Å². The molecule has 5 nitrogen and oxygen atoms in total. The van der Waals surface area contributed by atoms with Crippen molar-refractivity contribution in [3.63, 3.8) is 0 Å². The standard InChI is InChI=1S/C20H21NO4/c22-19(14-25-20(23)18-8-4-5-13-21(18)24)17-11-9-16(10-12-17)15-6-2-1-3-7-15/h4-5,8-13,15H,1-3,6-7,14H2. The first kappa shape index (κ1) is 17.1. The van der Waals surface area contributed by atoms with Gasteiger partial charge in [0, 0.05) is 17.7 Å². The molecule has 0 bridgehead atoms. The maximum Gasteiger partial charge on any atom is 0.405 e. The number of hydrogen-bond donors (Lipinski definition) is 0. The highest BCUT2D eigenvalue weighted by atomic mass is 16.5. The quantitative estimate of drug-likeness (QED) is 0.362. The van der Waals surface area contributed by atoms with E-state index in [4.69, 9.17) is 4.74 Å². The van der Waals surface area contributed by atoms with Crippen LogP contribution in [0, 0.1) is 5.21 Å². The second-order valence-electron chi connectivity index (χ2n) is 6.37. The van der Waals surface area contributed by atoms with Crippen LogP contribution in [0.4, 0.5) is 0 Å². The van der Waals surface area contributed by atoms with E-state index >= 15 is 0 Å².